The molecule has 4 heteroatoms. The third-order valence-electron chi connectivity index (χ3n) is 3.42. The van der Waals surface area contributed by atoms with Crippen LogP contribution in [0.1, 0.15) is 0 Å². The summed E-state index contributed by atoms with van der Waals surface area (Å²) in [5.41, 5.74) is 2.54. The number of H-pyrrole nitrogens is 2. The van der Waals surface area contributed by atoms with Crippen LogP contribution in [-0.2, 0) is 0 Å². The minimum Gasteiger partial charge on any atom is -0.353 e. The lowest BCUT2D eigenvalue weighted by Gasteiger charge is -1.98. The number of fused-ring (bicyclic) bond motifs is 4. The van der Waals surface area contributed by atoms with E-state index in [9.17, 15) is 9.18 Å². The second-order valence-electron chi connectivity index (χ2n) is 4.56. The summed E-state index contributed by atoms with van der Waals surface area (Å²) in [5, 5.41) is 1.45. The monoisotopic (exact) mass is 252 g/mol. The van der Waals surface area contributed by atoms with Crippen LogP contribution in [0.4, 0.5) is 4.39 Å². The van der Waals surface area contributed by atoms with Gasteiger partial charge in [-0.3, -0.25) is 4.79 Å². The third-order valence-corrected chi connectivity index (χ3v) is 3.42. The van der Waals surface area contributed by atoms with E-state index < -0.39 is 0 Å². The Labute approximate surface area is 106 Å². The van der Waals surface area contributed by atoms with Crippen molar-refractivity contribution in [3.8, 4) is 0 Å². The summed E-state index contributed by atoms with van der Waals surface area (Å²) in [6, 6.07) is 11.8. The maximum atomic E-state index is 13.2. The number of rotatable bonds is 0. The molecule has 0 saturated heterocycles. The standard InChI is InChI=1S/C15H9FN2O/c16-8-5-6-9-12(7-8)18-14-13(9)17-11-4-2-1-3-10(11)15(14)19/h1-7,18H,(H,17,19). The fraction of sp³-hybridized carbons (Fsp3) is 0. The minimum atomic E-state index is -0.323. The molecule has 0 unspecified atom stereocenters. The van der Waals surface area contributed by atoms with E-state index in [-0.39, 0.29) is 11.2 Å². The van der Waals surface area contributed by atoms with Gasteiger partial charge in [0.25, 0.3) is 0 Å². The molecule has 0 bridgehead atoms. The summed E-state index contributed by atoms with van der Waals surface area (Å²) in [4.78, 5) is 18.6. The van der Waals surface area contributed by atoms with Gasteiger partial charge in [0.15, 0.2) is 0 Å². The number of para-hydroxylation sites is 1. The quantitative estimate of drug-likeness (QED) is 0.495. The van der Waals surface area contributed by atoms with Crippen molar-refractivity contribution in [2.75, 3.05) is 0 Å². The molecule has 2 aromatic heterocycles. The first kappa shape index (κ1) is 10.3. The molecular weight excluding hydrogens is 243 g/mol. The van der Waals surface area contributed by atoms with E-state index in [1.54, 1.807) is 12.1 Å². The van der Waals surface area contributed by atoms with Gasteiger partial charge in [0.2, 0.25) is 5.43 Å². The highest BCUT2D eigenvalue weighted by molar-refractivity contribution is 6.07. The Bertz CT molecular complexity index is 997. The Morgan fingerprint density at radius 3 is 2.53 bits per heavy atom. The topological polar surface area (TPSA) is 48.6 Å². The van der Waals surface area contributed by atoms with Crippen molar-refractivity contribution in [3.63, 3.8) is 0 Å². The Kier molecular flexibility index (Phi) is 1.87. The molecule has 4 rings (SSSR count). The first-order chi connectivity index (χ1) is 9.24. The molecular formula is C15H9FN2O. The predicted octanol–water partition coefficient (Wildman–Crippen LogP) is 3.30. The summed E-state index contributed by atoms with van der Waals surface area (Å²) in [5.74, 6) is -0.323. The molecule has 2 aromatic carbocycles. The molecule has 0 radical (unpaired) electrons. The van der Waals surface area contributed by atoms with E-state index in [1.165, 1.54) is 12.1 Å². The van der Waals surface area contributed by atoms with Gasteiger partial charge in [0.1, 0.15) is 11.3 Å². The van der Waals surface area contributed by atoms with Crippen LogP contribution in [0.15, 0.2) is 47.3 Å². The Morgan fingerprint density at radius 1 is 0.842 bits per heavy atom. The molecule has 0 aliphatic carbocycles. The van der Waals surface area contributed by atoms with E-state index >= 15 is 0 Å². The van der Waals surface area contributed by atoms with Crippen LogP contribution in [0.3, 0.4) is 0 Å². The van der Waals surface area contributed by atoms with Crippen molar-refractivity contribution < 1.29 is 4.39 Å². The van der Waals surface area contributed by atoms with Gasteiger partial charge in [-0.15, -0.1) is 0 Å². The minimum absolute atomic E-state index is 0.0686. The van der Waals surface area contributed by atoms with Gasteiger partial charge in [0.05, 0.1) is 11.0 Å². The molecule has 0 aliphatic heterocycles. The predicted molar refractivity (Wildman–Crippen MR) is 73.9 cm³/mol. The molecule has 2 N–H and O–H groups in total. The van der Waals surface area contributed by atoms with E-state index in [4.69, 9.17) is 0 Å². The molecule has 0 spiro atoms. The molecule has 0 atom stereocenters. The summed E-state index contributed by atoms with van der Waals surface area (Å²) in [6.07, 6.45) is 0. The van der Waals surface area contributed by atoms with Gasteiger partial charge in [-0.2, -0.15) is 0 Å². The average molecular weight is 252 g/mol. The second-order valence-corrected chi connectivity index (χ2v) is 4.56. The summed E-state index contributed by atoms with van der Waals surface area (Å²) in [7, 11) is 0. The number of nitrogens with one attached hydrogen (secondary N) is 2. The van der Waals surface area contributed by atoms with E-state index in [1.807, 2.05) is 18.2 Å². The van der Waals surface area contributed by atoms with Crippen molar-refractivity contribution in [1.82, 2.24) is 9.97 Å². The van der Waals surface area contributed by atoms with Crippen molar-refractivity contribution in [1.29, 1.82) is 0 Å². The smallest absolute Gasteiger partial charge is 0.213 e. The SMILES string of the molecule is O=c1c2ccccc2[nH]c2c1[nH]c1cc(F)ccc12. The van der Waals surface area contributed by atoms with E-state index in [0.717, 1.165) is 16.4 Å². The largest absolute Gasteiger partial charge is 0.353 e. The molecule has 0 saturated carbocycles. The zero-order valence-corrected chi connectivity index (χ0v) is 9.83. The molecule has 92 valence electrons. The zero-order valence-electron chi connectivity index (χ0n) is 9.83. The van der Waals surface area contributed by atoms with Gasteiger partial charge in [-0.05, 0) is 30.3 Å². The maximum absolute atomic E-state index is 13.2. The van der Waals surface area contributed by atoms with Crippen molar-refractivity contribution >= 4 is 32.8 Å². The van der Waals surface area contributed by atoms with Crippen LogP contribution in [0.2, 0.25) is 0 Å². The van der Waals surface area contributed by atoms with Crippen molar-refractivity contribution in [2.45, 2.75) is 0 Å². The van der Waals surface area contributed by atoms with Crippen LogP contribution in [0.5, 0.6) is 0 Å². The lowest BCUT2D eigenvalue weighted by atomic mass is 10.1. The lowest BCUT2D eigenvalue weighted by molar-refractivity contribution is 0.629. The highest BCUT2D eigenvalue weighted by Crippen LogP contribution is 2.24. The van der Waals surface area contributed by atoms with Gasteiger partial charge < -0.3 is 9.97 Å². The fourth-order valence-electron chi connectivity index (χ4n) is 2.53. The van der Waals surface area contributed by atoms with Crippen LogP contribution < -0.4 is 5.43 Å². The highest BCUT2D eigenvalue weighted by Gasteiger charge is 2.11. The van der Waals surface area contributed by atoms with Crippen LogP contribution in [0, 0.1) is 5.82 Å². The summed E-state index contributed by atoms with van der Waals surface area (Å²) < 4.78 is 13.2. The molecule has 0 aliphatic rings. The average Bonchev–Trinajstić information content (AvgIpc) is 2.77. The Morgan fingerprint density at radius 2 is 1.63 bits per heavy atom. The molecule has 19 heavy (non-hydrogen) atoms. The van der Waals surface area contributed by atoms with Crippen LogP contribution in [-0.4, -0.2) is 9.97 Å². The molecule has 4 aromatic rings. The van der Waals surface area contributed by atoms with E-state index in [0.29, 0.717) is 16.4 Å². The normalized spacial score (nSPS) is 11.6. The number of aromatic amines is 2. The number of hydrogen-bond acceptors (Lipinski definition) is 1. The number of halogens is 1. The van der Waals surface area contributed by atoms with Gasteiger partial charge in [0, 0.05) is 16.3 Å². The molecule has 3 nitrogen and oxygen atoms in total. The van der Waals surface area contributed by atoms with Crippen molar-refractivity contribution in [3.05, 3.63) is 58.5 Å². The van der Waals surface area contributed by atoms with Crippen LogP contribution >= 0.6 is 0 Å². The van der Waals surface area contributed by atoms with Crippen LogP contribution in [0.25, 0.3) is 32.8 Å². The number of aromatic nitrogens is 2. The second kappa shape index (κ2) is 3.45. The molecule has 0 fully saturated rings. The maximum Gasteiger partial charge on any atom is 0.213 e. The van der Waals surface area contributed by atoms with Gasteiger partial charge in [-0.25, -0.2) is 4.39 Å². The lowest BCUT2D eigenvalue weighted by Crippen LogP contribution is -2.03. The van der Waals surface area contributed by atoms with Gasteiger partial charge >= 0.3 is 0 Å². The first-order valence-electron chi connectivity index (χ1n) is 5.96. The molecule has 2 heterocycles. The number of benzene rings is 2. The highest BCUT2D eigenvalue weighted by atomic mass is 19.1. The zero-order chi connectivity index (χ0) is 13.0. The number of hydrogen-bond donors (Lipinski definition) is 2. The summed E-state index contributed by atoms with van der Waals surface area (Å²) in [6.45, 7) is 0. The Balaban J connectivity index is 2.32. The Hall–Kier alpha value is -2.62. The molecule has 0 amide bonds. The summed E-state index contributed by atoms with van der Waals surface area (Å²) >= 11 is 0. The first-order valence-corrected chi connectivity index (χ1v) is 5.96. The fourth-order valence-corrected chi connectivity index (χ4v) is 2.53. The number of pyridine rings is 1. The third kappa shape index (κ3) is 1.34. The van der Waals surface area contributed by atoms with Gasteiger partial charge in [-0.1, -0.05) is 12.1 Å². The van der Waals surface area contributed by atoms with E-state index in [2.05, 4.69) is 9.97 Å². The van der Waals surface area contributed by atoms with Crippen molar-refractivity contribution in [2.24, 2.45) is 0 Å².